The van der Waals surface area contributed by atoms with Gasteiger partial charge in [-0.25, -0.2) is 0 Å². The van der Waals surface area contributed by atoms with Crippen molar-refractivity contribution in [2.75, 3.05) is 5.33 Å². The van der Waals surface area contributed by atoms with Crippen molar-refractivity contribution in [2.24, 2.45) is 0 Å². The Kier molecular flexibility index (Phi) is 7.26. The Balaban J connectivity index is 2.41. The van der Waals surface area contributed by atoms with Gasteiger partial charge in [-0.2, -0.15) is 0 Å². The first-order valence-corrected chi connectivity index (χ1v) is 11.3. The van der Waals surface area contributed by atoms with E-state index in [4.69, 9.17) is 8.84 Å². The van der Waals surface area contributed by atoms with E-state index in [-0.39, 0.29) is 6.10 Å². The molecule has 0 bridgehead atoms. The molecule has 0 aliphatic carbocycles. The lowest BCUT2D eigenvalue weighted by Crippen LogP contribution is -2.27. The SMILES string of the molecule is C[Si](C)(C)OC(CCCCCCBr)c1ccco1. The first kappa shape index (κ1) is 16.0. The van der Waals surface area contributed by atoms with Crippen molar-refractivity contribution in [2.45, 2.75) is 57.8 Å². The fourth-order valence-corrected chi connectivity index (χ4v) is 3.42. The molecule has 0 N–H and O–H groups in total. The zero-order valence-electron chi connectivity index (χ0n) is 11.7. The second kappa shape index (κ2) is 8.18. The van der Waals surface area contributed by atoms with Crippen LogP contribution >= 0.6 is 15.9 Å². The number of hydrogen-bond acceptors (Lipinski definition) is 2. The number of alkyl halides is 1. The molecule has 0 aliphatic rings. The summed E-state index contributed by atoms with van der Waals surface area (Å²) in [5.41, 5.74) is 0. The average molecular weight is 333 g/mol. The molecule has 0 fully saturated rings. The maximum atomic E-state index is 6.22. The minimum Gasteiger partial charge on any atom is -0.467 e. The minimum absolute atomic E-state index is 0.149. The van der Waals surface area contributed by atoms with Gasteiger partial charge in [0.15, 0.2) is 8.32 Å². The summed E-state index contributed by atoms with van der Waals surface area (Å²) in [6.07, 6.45) is 8.00. The highest BCUT2D eigenvalue weighted by atomic mass is 79.9. The molecule has 18 heavy (non-hydrogen) atoms. The maximum absolute atomic E-state index is 6.22. The van der Waals surface area contributed by atoms with E-state index in [2.05, 4.69) is 35.6 Å². The van der Waals surface area contributed by atoms with E-state index in [9.17, 15) is 0 Å². The van der Waals surface area contributed by atoms with E-state index >= 15 is 0 Å². The van der Waals surface area contributed by atoms with Gasteiger partial charge in [-0.15, -0.1) is 0 Å². The van der Waals surface area contributed by atoms with Gasteiger partial charge in [0.05, 0.1) is 6.26 Å². The van der Waals surface area contributed by atoms with Gasteiger partial charge in [0.25, 0.3) is 0 Å². The molecule has 0 saturated heterocycles. The van der Waals surface area contributed by atoms with Gasteiger partial charge in [0.2, 0.25) is 0 Å². The number of halogens is 1. The topological polar surface area (TPSA) is 22.4 Å². The summed E-state index contributed by atoms with van der Waals surface area (Å²) in [5.74, 6) is 0.984. The van der Waals surface area contributed by atoms with Gasteiger partial charge in [-0.05, 0) is 44.6 Å². The van der Waals surface area contributed by atoms with Crippen LogP contribution in [0.4, 0.5) is 0 Å². The molecule has 4 heteroatoms. The van der Waals surface area contributed by atoms with Crippen LogP contribution < -0.4 is 0 Å². The van der Waals surface area contributed by atoms with Crippen molar-refractivity contribution in [3.05, 3.63) is 24.2 Å². The van der Waals surface area contributed by atoms with Crippen molar-refractivity contribution in [3.8, 4) is 0 Å². The van der Waals surface area contributed by atoms with Crippen LogP contribution in [0, 0.1) is 0 Å². The van der Waals surface area contributed by atoms with Crippen LogP contribution in [0.15, 0.2) is 22.8 Å². The van der Waals surface area contributed by atoms with E-state index in [0.717, 1.165) is 17.5 Å². The molecule has 2 nitrogen and oxygen atoms in total. The summed E-state index contributed by atoms with van der Waals surface area (Å²) >= 11 is 3.47. The fraction of sp³-hybridized carbons (Fsp3) is 0.714. The first-order valence-electron chi connectivity index (χ1n) is 6.80. The second-order valence-corrected chi connectivity index (χ2v) is 10.9. The maximum Gasteiger partial charge on any atom is 0.184 e. The molecule has 0 aliphatic heterocycles. The average Bonchev–Trinajstić information content (AvgIpc) is 2.79. The van der Waals surface area contributed by atoms with E-state index in [0.29, 0.717) is 0 Å². The van der Waals surface area contributed by atoms with E-state index in [1.54, 1.807) is 6.26 Å². The minimum atomic E-state index is -1.52. The summed E-state index contributed by atoms with van der Waals surface area (Å²) in [4.78, 5) is 0. The molecule has 1 rings (SSSR count). The van der Waals surface area contributed by atoms with Crippen LogP contribution in [-0.4, -0.2) is 13.6 Å². The summed E-state index contributed by atoms with van der Waals surface area (Å²) in [7, 11) is -1.52. The number of hydrogen-bond donors (Lipinski definition) is 0. The lowest BCUT2D eigenvalue weighted by molar-refractivity contribution is 0.155. The van der Waals surface area contributed by atoms with Gasteiger partial charge in [-0.1, -0.05) is 35.2 Å². The Morgan fingerprint density at radius 1 is 1.22 bits per heavy atom. The largest absolute Gasteiger partial charge is 0.467 e. The van der Waals surface area contributed by atoms with Crippen molar-refractivity contribution < 1.29 is 8.84 Å². The summed E-state index contributed by atoms with van der Waals surface area (Å²) in [6, 6.07) is 3.98. The van der Waals surface area contributed by atoms with Crippen molar-refractivity contribution in [1.82, 2.24) is 0 Å². The molecule has 1 atom stereocenters. The van der Waals surface area contributed by atoms with Gasteiger partial charge < -0.3 is 8.84 Å². The zero-order chi connectivity index (χ0) is 13.4. The number of furan rings is 1. The molecule has 0 aromatic carbocycles. The second-order valence-electron chi connectivity index (χ2n) is 5.63. The van der Waals surface area contributed by atoms with Gasteiger partial charge in [0, 0.05) is 5.33 Å². The van der Waals surface area contributed by atoms with Crippen LogP contribution in [0.1, 0.15) is 44.0 Å². The van der Waals surface area contributed by atoms with E-state index in [1.165, 1.54) is 25.7 Å². The Hall–Kier alpha value is -0.0631. The smallest absolute Gasteiger partial charge is 0.184 e. The predicted octanol–water partition coefficient (Wildman–Crippen LogP) is 5.52. The fourth-order valence-electron chi connectivity index (χ4n) is 1.94. The van der Waals surface area contributed by atoms with Crippen molar-refractivity contribution >= 4 is 24.2 Å². The van der Waals surface area contributed by atoms with Gasteiger partial charge >= 0.3 is 0 Å². The molecule has 1 heterocycles. The Bertz CT molecular complexity index is 306. The van der Waals surface area contributed by atoms with Crippen LogP contribution in [-0.2, 0) is 4.43 Å². The standard InChI is InChI=1S/C14H25BrO2Si/c1-18(2,3)17-14(13-10-8-12-16-13)9-6-4-5-7-11-15/h8,10,12,14H,4-7,9,11H2,1-3H3. The summed E-state index contributed by atoms with van der Waals surface area (Å²) < 4.78 is 11.7. The van der Waals surface area contributed by atoms with E-state index in [1.807, 2.05) is 12.1 Å². The molecule has 1 aromatic heterocycles. The summed E-state index contributed by atoms with van der Waals surface area (Å²) in [6.45, 7) is 6.69. The molecular formula is C14H25BrO2Si. The molecule has 0 radical (unpaired) electrons. The third kappa shape index (κ3) is 6.76. The third-order valence-electron chi connectivity index (χ3n) is 2.71. The zero-order valence-corrected chi connectivity index (χ0v) is 14.3. The van der Waals surface area contributed by atoms with Gasteiger partial charge in [-0.3, -0.25) is 0 Å². The number of rotatable bonds is 9. The monoisotopic (exact) mass is 332 g/mol. The van der Waals surface area contributed by atoms with E-state index < -0.39 is 8.32 Å². The lowest BCUT2D eigenvalue weighted by atomic mass is 10.1. The molecule has 104 valence electrons. The lowest BCUT2D eigenvalue weighted by Gasteiger charge is -2.25. The molecule has 1 aromatic rings. The highest BCUT2D eigenvalue weighted by Crippen LogP contribution is 2.28. The molecular weight excluding hydrogens is 308 g/mol. The van der Waals surface area contributed by atoms with Crippen LogP contribution in [0.25, 0.3) is 0 Å². The number of unbranched alkanes of at least 4 members (excludes halogenated alkanes) is 3. The highest BCUT2D eigenvalue weighted by molar-refractivity contribution is 9.09. The first-order chi connectivity index (χ1) is 8.53. The summed E-state index contributed by atoms with van der Waals surface area (Å²) in [5, 5.41) is 1.11. The van der Waals surface area contributed by atoms with Gasteiger partial charge in [0.1, 0.15) is 11.9 Å². The predicted molar refractivity (Wildman–Crippen MR) is 82.8 cm³/mol. The normalized spacial score (nSPS) is 13.8. The van der Waals surface area contributed by atoms with Crippen LogP contribution in [0.5, 0.6) is 0 Å². The van der Waals surface area contributed by atoms with Crippen molar-refractivity contribution in [3.63, 3.8) is 0 Å². The Morgan fingerprint density at radius 3 is 2.50 bits per heavy atom. The molecule has 1 unspecified atom stereocenters. The Labute approximate surface area is 120 Å². The molecule has 0 saturated carbocycles. The molecule has 0 amide bonds. The third-order valence-corrected chi connectivity index (χ3v) is 4.26. The Morgan fingerprint density at radius 2 is 1.94 bits per heavy atom. The van der Waals surface area contributed by atoms with Crippen molar-refractivity contribution in [1.29, 1.82) is 0 Å². The molecule has 0 spiro atoms. The highest BCUT2D eigenvalue weighted by Gasteiger charge is 2.23. The van der Waals surface area contributed by atoms with Crippen LogP contribution in [0.3, 0.4) is 0 Å². The quantitative estimate of drug-likeness (QED) is 0.337. The van der Waals surface area contributed by atoms with Crippen LogP contribution in [0.2, 0.25) is 19.6 Å².